The van der Waals surface area contributed by atoms with Gasteiger partial charge in [0.2, 0.25) is 5.91 Å². The molecular formula is C28H28ClF3N4O. The molecule has 0 unspecified atom stereocenters. The first-order chi connectivity index (χ1) is 17.8. The van der Waals surface area contributed by atoms with Crippen LogP contribution in [0.4, 0.5) is 18.9 Å². The van der Waals surface area contributed by atoms with Crippen molar-refractivity contribution in [1.82, 2.24) is 15.2 Å². The maximum Gasteiger partial charge on any atom is 0.416 e. The number of hydrogen-bond donors (Lipinski definition) is 1. The van der Waals surface area contributed by atoms with Gasteiger partial charge in [-0.25, -0.2) is 0 Å². The highest BCUT2D eigenvalue weighted by molar-refractivity contribution is 6.30. The second-order valence-electron chi connectivity index (χ2n) is 9.64. The van der Waals surface area contributed by atoms with Gasteiger partial charge in [0.05, 0.1) is 17.5 Å². The van der Waals surface area contributed by atoms with E-state index in [1.807, 2.05) is 42.5 Å². The minimum Gasteiger partial charge on any atom is -0.365 e. The molecule has 2 atom stereocenters. The Kier molecular flexibility index (Phi) is 7.40. The molecule has 0 bridgehead atoms. The van der Waals surface area contributed by atoms with Gasteiger partial charge in [-0.15, -0.1) is 0 Å². The van der Waals surface area contributed by atoms with E-state index in [2.05, 4.69) is 20.1 Å². The van der Waals surface area contributed by atoms with Crippen LogP contribution in [0.15, 0.2) is 66.9 Å². The molecule has 194 valence electrons. The maximum atomic E-state index is 13.4. The summed E-state index contributed by atoms with van der Waals surface area (Å²) < 4.78 is 40.3. The van der Waals surface area contributed by atoms with E-state index in [9.17, 15) is 18.0 Å². The quantitative estimate of drug-likeness (QED) is 0.490. The number of hydrogen-bond acceptors (Lipinski definition) is 4. The Bertz CT molecular complexity index is 1240. The summed E-state index contributed by atoms with van der Waals surface area (Å²) in [5.74, 6) is -0.602. The molecule has 0 saturated carbocycles. The molecule has 1 saturated heterocycles. The van der Waals surface area contributed by atoms with E-state index in [1.54, 1.807) is 12.3 Å². The van der Waals surface area contributed by atoms with E-state index in [0.29, 0.717) is 36.6 Å². The molecule has 5 rings (SSSR count). The predicted octanol–water partition coefficient (Wildman–Crippen LogP) is 4.98. The van der Waals surface area contributed by atoms with Crippen molar-refractivity contribution < 1.29 is 18.0 Å². The van der Waals surface area contributed by atoms with Crippen molar-refractivity contribution in [3.8, 4) is 0 Å². The fraction of sp³-hybridized carbons (Fsp3) is 0.357. The van der Waals surface area contributed by atoms with Crippen molar-refractivity contribution in [3.05, 3.63) is 94.3 Å². The van der Waals surface area contributed by atoms with Crippen molar-refractivity contribution >= 4 is 23.2 Å². The summed E-state index contributed by atoms with van der Waals surface area (Å²) in [5, 5.41) is 3.70. The second kappa shape index (κ2) is 10.7. The Morgan fingerprint density at radius 1 is 1.08 bits per heavy atom. The zero-order chi connectivity index (χ0) is 26.0. The lowest BCUT2D eigenvalue weighted by Gasteiger charge is -2.49. The van der Waals surface area contributed by atoms with E-state index in [-0.39, 0.29) is 18.4 Å². The van der Waals surface area contributed by atoms with Crippen LogP contribution >= 0.6 is 11.6 Å². The van der Waals surface area contributed by atoms with Gasteiger partial charge in [0, 0.05) is 61.7 Å². The summed E-state index contributed by atoms with van der Waals surface area (Å²) >= 11 is 6.03. The Morgan fingerprint density at radius 3 is 2.62 bits per heavy atom. The minimum atomic E-state index is -4.43. The number of carbonyl (C=O) groups excluding carboxylic acids is 1. The largest absolute Gasteiger partial charge is 0.416 e. The van der Waals surface area contributed by atoms with Crippen LogP contribution in [0, 0.1) is 5.92 Å². The molecule has 0 radical (unpaired) electrons. The first-order valence-electron chi connectivity index (χ1n) is 12.4. The summed E-state index contributed by atoms with van der Waals surface area (Å²) in [6, 6.07) is 17.1. The first-order valence-corrected chi connectivity index (χ1v) is 12.8. The number of pyridine rings is 1. The van der Waals surface area contributed by atoms with Crippen LogP contribution in [0.5, 0.6) is 0 Å². The molecule has 0 aliphatic carbocycles. The van der Waals surface area contributed by atoms with Crippen LogP contribution in [0.3, 0.4) is 0 Å². The van der Waals surface area contributed by atoms with E-state index < -0.39 is 17.7 Å². The van der Waals surface area contributed by atoms with Gasteiger partial charge in [0.25, 0.3) is 0 Å². The number of alkyl halides is 3. The number of anilines is 1. The average molecular weight is 529 g/mol. The van der Waals surface area contributed by atoms with Gasteiger partial charge < -0.3 is 10.2 Å². The lowest BCUT2D eigenvalue weighted by molar-refractivity contribution is -0.137. The van der Waals surface area contributed by atoms with Gasteiger partial charge in [-0.3, -0.25) is 14.7 Å². The van der Waals surface area contributed by atoms with Gasteiger partial charge >= 0.3 is 6.18 Å². The second-order valence-corrected chi connectivity index (χ2v) is 10.1. The molecule has 1 aromatic heterocycles. The number of aromatic nitrogens is 1. The number of carbonyl (C=O) groups is 1. The molecular weight excluding hydrogens is 501 g/mol. The van der Waals surface area contributed by atoms with Gasteiger partial charge in [0.15, 0.2) is 0 Å². The number of nitrogens with one attached hydrogen (secondary N) is 1. The van der Waals surface area contributed by atoms with E-state index >= 15 is 0 Å². The summed E-state index contributed by atoms with van der Waals surface area (Å²) in [4.78, 5) is 22.1. The zero-order valence-corrected chi connectivity index (χ0v) is 21.0. The normalized spacial score (nSPS) is 19.7. The number of amides is 1. The monoisotopic (exact) mass is 528 g/mol. The van der Waals surface area contributed by atoms with E-state index in [4.69, 9.17) is 11.6 Å². The molecule has 2 aliphatic rings. The highest BCUT2D eigenvalue weighted by Gasteiger charge is 2.42. The van der Waals surface area contributed by atoms with Crippen LogP contribution in [0.25, 0.3) is 0 Å². The van der Waals surface area contributed by atoms with Crippen molar-refractivity contribution in [3.63, 3.8) is 0 Å². The molecule has 3 aromatic rings. The molecule has 1 fully saturated rings. The number of rotatable bonds is 6. The molecule has 9 heteroatoms. The molecule has 1 N–H and O–H groups in total. The van der Waals surface area contributed by atoms with Crippen molar-refractivity contribution in [2.75, 3.05) is 31.1 Å². The van der Waals surface area contributed by atoms with Gasteiger partial charge in [-0.05, 0) is 60.0 Å². The van der Waals surface area contributed by atoms with Crippen molar-refractivity contribution in [2.24, 2.45) is 5.92 Å². The molecule has 5 nitrogen and oxygen atoms in total. The third kappa shape index (κ3) is 5.91. The Hall–Kier alpha value is -3.10. The fourth-order valence-corrected chi connectivity index (χ4v) is 5.47. The topological polar surface area (TPSA) is 48.5 Å². The van der Waals surface area contributed by atoms with Crippen LogP contribution in [-0.4, -0.2) is 48.0 Å². The average Bonchev–Trinajstić information content (AvgIpc) is 2.89. The molecule has 0 spiro atoms. The van der Waals surface area contributed by atoms with Crippen LogP contribution in [-0.2, 0) is 30.4 Å². The summed E-state index contributed by atoms with van der Waals surface area (Å²) in [5.41, 5.74) is 2.68. The highest BCUT2D eigenvalue weighted by Crippen LogP contribution is 2.40. The number of halogens is 4. The summed E-state index contributed by atoms with van der Waals surface area (Å²) in [7, 11) is 0. The SMILES string of the molecule is O=C(NCCc1ccccn1)[C@H]1Cc2cc(C(F)(F)F)ccc2N2CCN(Cc3ccc(Cl)cc3)C[C@H]12. The Balaban J connectivity index is 1.36. The van der Waals surface area contributed by atoms with E-state index in [1.165, 1.54) is 6.07 Å². The zero-order valence-electron chi connectivity index (χ0n) is 20.2. The van der Waals surface area contributed by atoms with Crippen LogP contribution < -0.4 is 10.2 Å². The Labute approximate surface area is 219 Å². The number of piperazine rings is 1. The third-order valence-electron chi connectivity index (χ3n) is 7.19. The van der Waals surface area contributed by atoms with E-state index in [0.717, 1.165) is 36.1 Å². The number of nitrogens with zero attached hydrogens (tertiary/aromatic N) is 3. The predicted molar refractivity (Wildman–Crippen MR) is 137 cm³/mol. The molecule has 1 amide bonds. The standard InChI is InChI=1S/C28H28ClF3N4O/c29-22-7-4-19(5-8-22)17-35-13-14-36-25-9-6-21(28(30,31)32)15-20(25)16-24(26(36)18-35)27(37)34-12-10-23-3-1-2-11-33-23/h1-9,11,15,24,26H,10,12-14,16-18H2,(H,34,37)/t24-,26+/m0/s1. The lowest BCUT2D eigenvalue weighted by atomic mass is 9.82. The van der Waals surface area contributed by atoms with Gasteiger partial charge in [0.1, 0.15) is 0 Å². The number of fused-ring (bicyclic) bond motifs is 3. The first kappa shape index (κ1) is 25.5. The van der Waals surface area contributed by atoms with Crippen molar-refractivity contribution in [2.45, 2.75) is 31.6 Å². The molecule has 37 heavy (non-hydrogen) atoms. The number of benzene rings is 2. The molecule has 2 aromatic carbocycles. The minimum absolute atomic E-state index is 0.137. The smallest absolute Gasteiger partial charge is 0.365 e. The maximum absolute atomic E-state index is 13.4. The van der Waals surface area contributed by atoms with Crippen LogP contribution in [0.2, 0.25) is 5.02 Å². The fourth-order valence-electron chi connectivity index (χ4n) is 5.34. The highest BCUT2D eigenvalue weighted by atomic mass is 35.5. The third-order valence-corrected chi connectivity index (χ3v) is 7.44. The van der Waals surface area contributed by atoms with Gasteiger partial charge in [-0.2, -0.15) is 13.2 Å². The molecule has 3 heterocycles. The lowest BCUT2D eigenvalue weighted by Crippen LogP contribution is -2.61. The van der Waals surface area contributed by atoms with Crippen molar-refractivity contribution in [1.29, 1.82) is 0 Å². The summed E-state index contributed by atoms with van der Waals surface area (Å²) in [6.07, 6.45) is -1.86. The summed E-state index contributed by atoms with van der Waals surface area (Å²) in [6.45, 7) is 3.15. The van der Waals surface area contributed by atoms with Crippen LogP contribution in [0.1, 0.15) is 22.4 Å². The molecule has 2 aliphatic heterocycles. The van der Waals surface area contributed by atoms with Gasteiger partial charge in [-0.1, -0.05) is 29.8 Å². The Morgan fingerprint density at radius 2 is 1.89 bits per heavy atom.